The summed E-state index contributed by atoms with van der Waals surface area (Å²) in [4.78, 5) is 18.3. The predicted octanol–water partition coefficient (Wildman–Crippen LogP) is 2.12. The molecule has 1 N–H and O–H groups in total. The van der Waals surface area contributed by atoms with Gasteiger partial charge in [-0.15, -0.1) is 11.3 Å². The number of nitrogens with one attached hydrogen (secondary N) is 1. The minimum Gasteiger partial charge on any atom is -0.349 e. The van der Waals surface area contributed by atoms with E-state index in [0.717, 1.165) is 31.7 Å². The highest BCUT2D eigenvalue weighted by atomic mass is 32.1. The van der Waals surface area contributed by atoms with Crippen LogP contribution in [0.25, 0.3) is 0 Å². The van der Waals surface area contributed by atoms with E-state index in [-0.39, 0.29) is 11.9 Å². The molecule has 0 unspecified atom stereocenters. The van der Waals surface area contributed by atoms with E-state index in [2.05, 4.69) is 45.6 Å². The lowest BCUT2D eigenvalue weighted by Gasteiger charge is -2.24. The van der Waals surface area contributed by atoms with Crippen LogP contribution in [0.15, 0.2) is 17.5 Å². The van der Waals surface area contributed by atoms with Gasteiger partial charge in [-0.25, -0.2) is 0 Å². The minimum atomic E-state index is -0.0933. The summed E-state index contributed by atoms with van der Waals surface area (Å²) >= 11 is 1.74. The Balaban J connectivity index is 1.68. The fourth-order valence-electron chi connectivity index (χ4n) is 3.25. The number of aromatic nitrogens is 2. The third-order valence-corrected chi connectivity index (χ3v) is 5.84. The molecule has 0 saturated carbocycles. The Kier molecular flexibility index (Phi) is 5.56. The van der Waals surface area contributed by atoms with Crippen molar-refractivity contribution in [2.75, 3.05) is 34.2 Å². The molecule has 0 aliphatic carbocycles. The van der Waals surface area contributed by atoms with Crippen LogP contribution in [0.4, 0.5) is 0 Å². The summed E-state index contributed by atoms with van der Waals surface area (Å²) in [6.07, 6.45) is 1.06. The molecule has 0 aromatic carbocycles. The first kappa shape index (κ1) is 18.1. The lowest BCUT2D eigenvalue weighted by Crippen LogP contribution is -2.34. The highest BCUT2D eigenvalue weighted by Crippen LogP contribution is 2.26. The molecule has 136 valence electrons. The van der Waals surface area contributed by atoms with Crippen LogP contribution in [0.1, 0.15) is 39.1 Å². The number of fused-ring (bicyclic) bond motifs is 1. The fourth-order valence-corrected chi connectivity index (χ4v) is 4.37. The van der Waals surface area contributed by atoms with Gasteiger partial charge in [0.25, 0.3) is 5.91 Å². The first-order valence-electron chi connectivity index (χ1n) is 8.69. The van der Waals surface area contributed by atoms with Crippen molar-refractivity contribution < 1.29 is 4.79 Å². The summed E-state index contributed by atoms with van der Waals surface area (Å²) in [7, 11) is 6.20. The van der Waals surface area contributed by atoms with Crippen LogP contribution in [0.5, 0.6) is 0 Å². The molecule has 1 atom stereocenters. The van der Waals surface area contributed by atoms with Gasteiger partial charge in [-0.05, 0) is 57.6 Å². The average molecular weight is 362 g/mol. The Morgan fingerprint density at radius 1 is 1.44 bits per heavy atom. The van der Waals surface area contributed by atoms with Gasteiger partial charge in [0.1, 0.15) is 5.69 Å². The van der Waals surface area contributed by atoms with Crippen molar-refractivity contribution >= 4 is 17.2 Å². The molecule has 1 aliphatic heterocycles. The quantitative estimate of drug-likeness (QED) is 0.886. The van der Waals surface area contributed by atoms with Gasteiger partial charge in [0.05, 0.1) is 11.7 Å². The summed E-state index contributed by atoms with van der Waals surface area (Å²) < 4.78 is 1.98. The maximum Gasteiger partial charge on any atom is 0.271 e. The summed E-state index contributed by atoms with van der Waals surface area (Å²) in [5.74, 6) is -0.0933. The van der Waals surface area contributed by atoms with Crippen LogP contribution in [-0.2, 0) is 13.1 Å². The second-order valence-corrected chi connectivity index (χ2v) is 7.94. The standard InChI is InChI=1S/C18H27N5OS/c1-13-6-9-25-17(13)16(21(2)3)11-19-18(24)15-10-14-12-22(4)7-5-8-23(14)20-15/h6,9-10,16H,5,7-8,11-12H2,1-4H3,(H,19,24)/t16-/m0/s1. The number of nitrogens with zero attached hydrogens (tertiary/aromatic N) is 4. The highest BCUT2D eigenvalue weighted by molar-refractivity contribution is 7.10. The number of carbonyl (C=O) groups is 1. The molecular formula is C18H27N5OS. The van der Waals surface area contributed by atoms with E-state index in [1.165, 1.54) is 10.4 Å². The number of likely N-dealkylation sites (N-methyl/N-ethyl adjacent to an activating group) is 1. The molecule has 2 aromatic heterocycles. The second kappa shape index (κ2) is 7.68. The van der Waals surface area contributed by atoms with E-state index in [1.807, 2.05) is 24.8 Å². The van der Waals surface area contributed by atoms with Crippen LogP contribution in [0, 0.1) is 6.92 Å². The zero-order valence-corrected chi connectivity index (χ0v) is 16.3. The van der Waals surface area contributed by atoms with Crippen molar-refractivity contribution in [3.05, 3.63) is 39.3 Å². The molecule has 0 spiro atoms. The number of carbonyl (C=O) groups excluding carboxylic acids is 1. The molecule has 6 nitrogen and oxygen atoms in total. The summed E-state index contributed by atoms with van der Waals surface area (Å²) in [6.45, 7) is 5.48. The van der Waals surface area contributed by atoms with Crippen molar-refractivity contribution in [1.29, 1.82) is 0 Å². The molecule has 1 amide bonds. The summed E-state index contributed by atoms with van der Waals surface area (Å²) in [5.41, 5.74) is 2.91. The normalized spacial score (nSPS) is 16.5. The van der Waals surface area contributed by atoms with Gasteiger partial charge in [-0.1, -0.05) is 0 Å². The van der Waals surface area contributed by atoms with Gasteiger partial charge in [0, 0.05) is 31.1 Å². The molecule has 0 fully saturated rings. The SMILES string of the molecule is Cc1ccsc1[C@H](CNC(=O)c1cc2n(n1)CCCN(C)C2)N(C)C. The van der Waals surface area contributed by atoms with Crippen molar-refractivity contribution in [3.8, 4) is 0 Å². The van der Waals surface area contributed by atoms with Gasteiger partial charge in [0.15, 0.2) is 0 Å². The van der Waals surface area contributed by atoms with E-state index < -0.39 is 0 Å². The monoisotopic (exact) mass is 361 g/mol. The smallest absolute Gasteiger partial charge is 0.271 e. The zero-order valence-electron chi connectivity index (χ0n) is 15.5. The van der Waals surface area contributed by atoms with Gasteiger partial charge in [-0.3, -0.25) is 9.48 Å². The molecule has 1 aliphatic rings. The van der Waals surface area contributed by atoms with Crippen LogP contribution in [0.2, 0.25) is 0 Å². The topological polar surface area (TPSA) is 53.4 Å². The van der Waals surface area contributed by atoms with Crippen LogP contribution in [0.3, 0.4) is 0 Å². The minimum absolute atomic E-state index is 0.0933. The predicted molar refractivity (Wildman–Crippen MR) is 101 cm³/mol. The molecule has 0 radical (unpaired) electrons. The third kappa shape index (κ3) is 4.11. The number of hydrogen-bond donors (Lipinski definition) is 1. The lowest BCUT2D eigenvalue weighted by atomic mass is 10.1. The summed E-state index contributed by atoms with van der Waals surface area (Å²) in [6, 6.07) is 4.23. The Labute approximate surface area is 153 Å². The van der Waals surface area contributed by atoms with E-state index in [0.29, 0.717) is 12.2 Å². The van der Waals surface area contributed by atoms with Gasteiger partial charge in [-0.2, -0.15) is 5.10 Å². The van der Waals surface area contributed by atoms with E-state index >= 15 is 0 Å². The molecule has 2 aromatic rings. The van der Waals surface area contributed by atoms with Crippen molar-refractivity contribution in [1.82, 2.24) is 24.9 Å². The Morgan fingerprint density at radius 2 is 2.24 bits per heavy atom. The maximum atomic E-state index is 12.6. The molecule has 0 bridgehead atoms. The Hall–Kier alpha value is -1.70. The second-order valence-electron chi connectivity index (χ2n) is 6.99. The largest absolute Gasteiger partial charge is 0.349 e. The molecule has 3 rings (SSSR count). The zero-order chi connectivity index (χ0) is 18.0. The summed E-state index contributed by atoms with van der Waals surface area (Å²) in [5, 5.41) is 9.69. The molecule has 7 heteroatoms. The van der Waals surface area contributed by atoms with E-state index in [9.17, 15) is 4.79 Å². The molecule has 3 heterocycles. The molecule has 25 heavy (non-hydrogen) atoms. The Bertz CT molecular complexity index is 736. The number of thiophene rings is 1. The van der Waals surface area contributed by atoms with Crippen LogP contribution >= 0.6 is 11.3 Å². The van der Waals surface area contributed by atoms with Gasteiger partial charge < -0.3 is 15.1 Å². The number of hydrogen-bond acceptors (Lipinski definition) is 5. The van der Waals surface area contributed by atoms with Gasteiger partial charge in [0.2, 0.25) is 0 Å². The van der Waals surface area contributed by atoms with Gasteiger partial charge >= 0.3 is 0 Å². The molecular weight excluding hydrogens is 334 g/mol. The number of aryl methyl sites for hydroxylation is 2. The van der Waals surface area contributed by atoms with Crippen molar-refractivity contribution in [2.24, 2.45) is 0 Å². The fraction of sp³-hybridized carbons (Fsp3) is 0.556. The van der Waals surface area contributed by atoms with E-state index in [4.69, 9.17) is 0 Å². The third-order valence-electron chi connectivity index (χ3n) is 4.72. The lowest BCUT2D eigenvalue weighted by molar-refractivity contribution is 0.0936. The molecule has 0 saturated heterocycles. The van der Waals surface area contributed by atoms with Crippen molar-refractivity contribution in [2.45, 2.75) is 32.5 Å². The highest BCUT2D eigenvalue weighted by Gasteiger charge is 2.21. The van der Waals surface area contributed by atoms with E-state index in [1.54, 1.807) is 11.3 Å². The number of amides is 1. The van der Waals surface area contributed by atoms with Crippen LogP contribution in [-0.4, -0.2) is 59.7 Å². The number of rotatable bonds is 5. The maximum absolute atomic E-state index is 12.6. The van der Waals surface area contributed by atoms with Crippen molar-refractivity contribution in [3.63, 3.8) is 0 Å². The Morgan fingerprint density at radius 3 is 2.92 bits per heavy atom. The van der Waals surface area contributed by atoms with Crippen LogP contribution < -0.4 is 5.32 Å². The first-order chi connectivity index (χ1) is 12.0. The first-order valence-corrected chi connectivity index (χ1v) is 9.57. The average Bonchev–Trinajstić information content (AvgIpc) is 3.10.